The van der Waals surface area contributed by atoms with E-state index in [9.17, 15) is 4.79 Å². The first-order chi connectivity index (χ1) is 11.8. The average Bonchev–Trinajstić information content (AvgIpc) is 3.29. The maximum Gasteiger partial charge on any atom is 0.222 e. The van der Waals surface area contributed by atoms with Gasteiger partial charge in [-0.05, 0) is 42.8 Å². The fourth-order valence-electron chi connectivity index (χ4n) is 3.40. The fourth-order valence-corrected chi connectivity index (χ4v) is 4.10. The minimum absolute atomic E-state index is 0.252. The van der Waals surface area contributed by atoms with Gasteiger partial charge >= 0.3 is 0 Å². The first-order valence-electron chi connectivity index (χ1n) is 8.41. The largest absolute Gasteiger partial charge is 0.342 e. The van der Waals surface area contributed by atoms with Crippen LogP contribution in [0.3, 0.4) is 0 Å². The number of amides is 1. The lowest BCUT2D eigenvalue weighted by atomic mass is 9.96. The van der Waals surface area contributed by atoms with Crippen molar-refractivity contribution in [3.8, 4) is 0 Å². The molecule has 0 radical (unpaired) electrons. The quantitative estimate of drug-likeness (QED) is 0.733. The number of thiophene rings is 1. The molecule has 24 heavy (non-hydrogen) atoms. The number of aromatic nitrogens is 3. The summed E-state index contributed by atoms with van der Waals surface area (Å²) in [4.78, 5) is 15.8. The van der Waals surface area contributed by atoms with Gasteiger partial charge in [-0.25, -0.2) is 0 Å². The molecule has 124 valence electrons. The monoisotopic (exact) mass is 340 g/mol. The highest BCUT2D eigenvalue weighted by molar-refractivity contribution is 7.09. The second-order valence-electron chi connectivity index (χ2n) is 6.25. The van der Waals surface area contributed by atoms with Crippen LogP contribution in [0.5, 0.6) is 0 Å². The molecule has 1 amide bonds. The van der Waals surface area contributed by atoms with Gasteiger partial charge in [0, 0.05) is 36.5 Å². The highest BCUT2D eigenvalue weighted by atomic mass is 32.1. The summed E-state index contributed by atoms with van der Waals surface area (Å²) in [6.45, 7) is 1.61. The van der Waals surface area contributed by atoms with Crippen LogP contribution in [-0.2, 0) is 11.2 Å². The van der Waals surface area contributed by atoms with Crippen LogP contribution in [0.2, 0.25) is 0 Å². The molecule has 0 N–H and O–H groups in total. The molecule has 0 spiro atoms. The zero-order valence-electron chi connectivity index (χ0n) is 13.5. The van der Waals surface area contributed by atoms with Gasteiger partial charge in [-0.1, -0.05) is 12.1 Å². The van der Waals surface area contributed by atoms with Crippen molar-refractivity contribution >= 4 is 22.9 Å². The van der Waals surface area contributed by atoms with E-state index in [1.165, 1.54) is 4.88 Å². The lowest BCUT2D eigenvalue weighted by Gasteiger charge is -2.32. The molecular formula is C18H20N4OS. The second kappa shape index (κ2) is 6.73. The molecule has 1 atom stereocenters. The molecule has 1 aliphatic rings. The Kier molecular flexibility index (Phi) is 4.30. The number of rotatable bonds is 4. The van der Waals surface area contributed by atoms with Crippen molar-refractivity contribution in [3.05, 3.63) is 52.6 Å². The van der Waals surface area contributed by atoms with E-state index in [0.717, 1.165) is 43.8 Å². The van der Waals surface area contributed by atoms with Crippen LogP contribution < -0.4 is 0 Å². The number of nitrogens with zero attached hydrogens (tertiary/aromatic N) is 4. The summed E-state index contributed by atoms with van der Waals surface area (Å²) >= 11 is 1.72. The van der Waals surface area contributed by atoms with Crippen LogP contribution >= 0.6 is 11.3 Å². The summed E-state index contributed by atoms with van der Waals surface area (Å²) in [5.41, 5.74) is 0.869. The number of pyridine rings is 1. The minimum Gasteiger partial charge on any atom is -0.342 e. The molecule has 4 rings (SSSR count). The van der Waals surface area contributed by atoms with Crippen LogP contribution in [0.25, 0.3) is 5.65 Å². The van der Waals surface area contributed by atoms with Gasteiger partial charge in [-0.3, -0.25) is 9.20 Å². The number of carbonyl (C=O) groups excluding carboxylic acids is 1. The van der Waals surface area contributed by atoms with Gasteiger partial charge in [0.15, 0.2) is 5.65 Å². The van der Waals surface area contributed by atoms with E-state index in [1.807, 2.05) is 39.8 Å². The number of hydrogen-bond acceptors (Lipinski definition) is 4. The van der Waals surface area contributed by atoms with E-state index in [1.54, 1.807) is 11.3 Å². The predicted molar refractivity (Wildman–Crippen MR) is 94.2 cm³/mol. The molecule has 0 aliphatic carbocycles. The third kappa shape index (κ3) is 3.06. The van der Waals surface area contributed by atoms with Crippen molar-refractivity contribution in [1.82, 2.24) is 19.5 Å². The van der Waals surface area contributed by atoms with E-state index in [-0.39, 0.29) is 11.8 Å². The Labute approximate surface area is 144 Å². The fraction of sp³-hybridized carbons (Fsp3) is 0.389. The Balaban J connectivity index is 1.44. The van der Waals surface area contributed by atoms with Gasteiger partial charge < -0.3 is 4.90 Å². The molecule has 4 heterocycles. The molecule has 0 saturated carbocycles. The Bertz CT molecular complexity index is 827. The Morgan fingerprint density at radius 3 is 3.08 bits per heavy atom. The van der Waals surface area contributed by atoms with Crippen LogP contribution in [0.1, 0.15) is 35.9 Å². The molecule has 1 saturated heterocycles. The summed E-state index contributed by atoms with van der Waals surface area (Å²) in [5, 5.41) is 10.7. The maximum atomic E-state index is 12.6. The first-order valence-corrected chi connectivity index (χ1v) is 9.29. The zero-order chi connectivity index (χ0) is 16.4. The van der Waals surface area contributed by atoms with Crippen molar-refractivity contribution in [2.75, 3.05) is 13.1 Å². The summed E-state index contributed by atoms with van der Waals surface area (Å²) in [6, 6.07) is 10.1. The highest BCUT2D eigenvalue weighted by Crippen LogP contribution is 2.26. The number of hydrogen-bond donors (Lipinski definition) is 0. The zero-order valence-corrected chi connectivity index (χ0v) is 14.3. The standard InChI is InChI=1S/C18H20N4OS/c23-17(9-8-15-6-4-12-24-15)21-10-3-5-14(13-21)18-20-19-16-7-1-2-11-22(16)18/h1-2,4,6-7,11-12,14H,3,5,8-10,13H2/t14-/m0/s1. The van der Waals surface area contributed by atoms with Gasteiger partial charge in [-0.2, -0.15) is 0 Å². The van der Waals surface area contributed by atoms with Crippen molar-refractivity contribution in [1.29, 1.82) is 0 Å². The van der Waals surface area contributed by atoms with Crippen LogP contribution in [0.4, 0.5) is 0 Å². The molecule has 5 nitrogen and oxygen atoms in total. The number of fused-ring (bicyclic) bond motifs is 1. The van der Waals surface area contributed by atoms with Crippen LogP contribution in [-0.4, -0.2) is 38.5 Å². The Morgan fingerprint density at radius 1 is 1.25 bits per heavy atom. The highest BCUT2D eigenvalue weighted by Gasteiger charge is 2.27. The van der Waals surface area contributed by atoms with Crippen LogP contribution in [0, 0.1) is 0 Å². The molecule has 1 fully saturated rings. The van der Waals surface area contributed by atoms with E-state index < -0.39 is 0 Å². The lowest BCUT2D eigenvalue weighted by molar-refractivity contribution is -0.132. The van der Waals surface area contributed by atoms with Gasteiger partial charge in [0.05, 0.1) is 0 Å². The molecule has 6 heteroatoms. The first kappa shape index (κ1) is 15.3. The lowest BCUT2D eigenvalue weighted by Crippen LogP contribution is -2.39. The smallest absolute Gasteiger partial charge is 0.222 e. The number of carbonyl (C=O) groups is 1. The van der Waals surface area contributed by atoms with Gasteiger partial charge in [0.1, 0.15) is 5.82 Å². The Hall–Kier alpha value is -2.21. The summed E-state index contributed by atoms with van der Waals surface area (Å²) < 4.78 is 2.05. The van der Waals surface area contributed by atoms with Crippen molar-refractivity contribution in [2.45, 2.75) is 31.6 Å². The van der Waals surface area contributed by atoms with Crippen LogP contribution in [0.15, 0.2) is 41.9 Å². The third-order valence-electron chi connectivity index (χ3n) is 4.64. The molecule has 3 aromatic heterocycles. The SMILES string of the molecule is O=C(CCc1cccs1)N1CCC[C@H](c2nnc3ccccn23)C1. The molecule has 0 unspecified atom stereocenters. The number of piperidine rings is 1. The van der Waals surface area contributed by atoms with Crippen molar-refractivity contribution < 1.29 is 4.79 Å². The van der Waals surface area contributed by atoms with Gasteiger partial charge in [0.2, 0.25) is 5.91 Å². The third-order valence-corrected chi connectivity index (χ3v) is 5.58. The van der Waals surface area contributed by atoms with E-state index >= 15 is 0 Å². The van der Waals surface area contributed by atoms with Gasteiger partial charge in [-0.15, -0.1) is 21.5 Å². The van der Waals surface area contributed by atoms with Crippen molar-refractivity contribution in [2.24, 2.45) is 0 Å². The van der Waals surface area contributed by atoms with Crippen molar-refractivity contribution in [3.63, 3.8) is 0 Å². The predicted octanol–water partition coefficient (Wildman–Crippen LogP) is 3.13. The molecule has 1 aliphatic heterocycles. The average molecular weight is 340 g/mol. The maximum absolute atomic E-state index is 12.6. The Morgan fingerprint density at radius 2 is 2.21 bits per heavy atom. The summed E-state index contributed by atoms with van der Waals surface area (Å²) in [5.74, 6) is 1.49. The molecule has 0 aromatic carbocycles. The second-order valence-corrected chi connectivity index (χ2v) is 7.28. The topological polar surface area (TPSA) is 50.5 Å². The summed E-state index contributed by atoms with van der Waals surface area (Å²) in [6.07, 6.45) is 5.52. The van der Waals surface area contributed by atoms with Gasteiger partial charge in [0.25, 0.3) is 0 Å². The molecular weight excluding hydrogens is 320 g/mol. The minimum atomic E-state index is 0.252. The van der Waals surface area contributed by atoms with E-state index in [0.29, 0.717) is 6.42 Å². The number of aryl methyl sites for hydroxylation is 1. The van der Waals surface area contributed by atoms with E-state index in [2.05, 4.69) is 21.6 Å². The summed E-state index contributed by atoms with van der Waals surface area (Å²) in [7, 11) is 0. The number of likely N-dealkylation sites (tertiary alicyclic amines) is 1. The molecule has 0 bridgehead atoms. The van der Waals surface area contributed by atoms with E-state index in [4.69, 9.17) is 0 Å². The normalized spacial score (nSPS) is 18.2. The molecule has 3 aromatic rings.